The fourth-order valence-electron chi connectivity index (χ4n) is 2.90. The largest absolute Gasteiger partial charge is 0.382 e. The molecule has 7 heteroatoms. The molecule has 0 radical (unpaired) electrons. The Kier molecular flexibility index (Phi) is 2.69. The smallest absolute Gasteiger partial charge is 0.325 e. The van der Waals surface area contributed by atoms with Gasteiger partial charge in [-0.25, -0.2) is 4.79 Å². The summed E-state index contributed by atoms with van der Waals surface area (Å²) >= 11 is 0. The lowest BCUT2D eigenvalue weighted by atomic mass is 9.98. The van der Waals surface area contributed by atoms with Crippen LogP contribution in [0.25, 0.3) is 0 Å². The molecule has 1 aliphatic carbocycles. The van der Waals surface area contributed by atoms with Gasteiger partial charge in [0.05, 0.1) is 13.1 Å². The number of hydrogen-bond donors (Lipinski definition) is 2. The van der Waals surface area contributed by atoms with Gasteiger partial charge in [-0.05, 0) is 18.9 Å². The van der Waals surface area contributed by atoms with Crippen molar-refractivity contribution >= 4 is 17.8 Å². The maximum Gasteiger partial charge on any atom is 0.325 e. The number of aromatic nitrogens is 2. The summed E-state index contributed by atoms with van der Waals surface area (Å²) < 4.78 is 1.63. The number of carbonyl (C=O) groups excluding carboxylic acids is 2. The zero-order chi connectivity index (χ0) is 13.5. The number of nitrogens with two attached hydrogens (primary N) is 1. The number of anilines is 1. The number of nitrogen functional groups attached to an aromatic ring is 1. The number of urea groups is 1. The number of imide groups is 1. The van der Waals surface area contributed by atoms with Crippen LogP contribution in [0.15, 0.2) is 12.3 Å². The maximum atomic E-state index is 12.4. The van der Waals surface area contributed by atoms with Gasteiger partial charge in [0.1, 0.15) is 11.4 Å². The summed E-state index contributed by atoms with van der Waals surface area (Å²) in [4.78, 5) is 25.6. The Morgan fingerprint density at radius 2 is 2.05 bits per heavy atom. The third-order valence-corrected chi connectivity index (χ3v) is 3.92. The maximum absolute atomic E-state index is 12.4. The molecule has 2 fully saturated rings. The van der Waals surface area contributed by atoms with Crippen molar-refractivity contribution in [2.45, 2.75) is 37.8 Å². The summed E-state index contributed by atoms with van der Waals surface area (Å²) in [6.07, 6.45) is 5.23. The average molecular weight is 263 g/mol. The molecule has 19 heavy (non-hydrogen) atoms. The molecule has 0 bridgehead atoms. The van der Waals surface area contributed by atoms with E-state index in [4.69, 9.17) is 5.73 Å². The summed E-state index contributed by atoms with van der Waals surface area (Å²) in [7, 11) is 0. The van der Waals surface area contributed by atoms with Crippen LogP contribution in [0.5, 0.6) is 0 Å². The Balaban J connectivity index is 1.68. The fraction of sp³-hybridized carbons (Fsp3) is 0.583. The molecule has 1 saturated carbocycles. The van der Waals surface area contributed by atoms with Crippen molar-refractivity contribution in [1.82, 2.24) is 20.0 Å². The van der Waals surface area contributed by atoms with E-state index < -0.39 is 5.54 Å². The van der Waals surface area contributed by atoms with Gasteiger partial charge in [0, 0.05) is 6.20 Å². The van der Waals surface area contributed by atoms with Gasteiger partial charge in [0.25, 0.3) is 5.91 Å². The lowest BCUT2D eigenvalue weighted by Crippen LogP contribution is -2.44. The molecule has 1 aromatic rings. The molecule has 2 heterocycles. The highest BCUT2D eigenvalue weighted by molar-refractivity contribution is 6.07. The van der Waals surface area contributed by atoms with E-state index in [1.54, 1.807) is 16.9 Å². The first-order valence-electron chi connectivity index (χ1n) is 6.54. The summed E-state index contributed by atoms with van der Waals surface area (Å²) in [6, 6.07) is 1.40. The van der Waals surface area contributed by atoms with Crippen molar-refractivity contribution in [3.05, 3.63) is 12.3 Å². The second-order valence-corrected chi connectivity index (χ2v) is 5.18. The second kappa shape index (κ2) is 4.25. The third kappa shape index (κ3) is 1.94. The van der Waals surface area contributed by atoms with E-state index in [-0.39, 0.29) is 11.9 Å². The first-order valence-corrected chi connectivity index (χ1v) is 6.54. The molecule has 2 aliphatic rings. The van der Waals surface area contributed by atoms with E-state index >= 15 is 0 Å². The zero-order valence-electron chi connectivity index (χ0n) is 10.6. The van der Waals surface area contributed by atoms with Crippen LogP contribution < -0.4 is 11.1 Å². The lowest BCUT2D eigenvalue weighted by Gasteiger charge is -2.19. The van der Waals surface area contributed by atoms with E-state index in [2.05, 4.69) is 10.4 Å². The lowest BCUT2D eigenvalue weighted by molar-refractivity contribution is -0.131. The number of nitrogens with zero attached hydrogens (tertiary/aromatic N) is 3. The van der Waals surface area contributed by atoms with Gasteiger partial charge in [0.15, 0.2) is 0 Å². The molecule has 1 saturated heterocycles. The highest BCUT2D eigenvalue weighted by Gasteiger charge is 2.52. The molecule has 7 nitrogen and oxygen atoms in total. The van der Waals surface area contributed by atoms with Crippen molar-refractivity contribution in [2.75, 3.05) is 12.3 Å². The predicted octanol–water partition coefficient (Wildman–Crippen LogP) is 0.330. The van der Waals surface area contributed by atoms with Gasteiger partial charge >= 0.3 is 6.03 Å². The van der Waals surface area contributed by atoms with Crippen molar-refractivity contribution in [3.63, 3.8) is 0 Å². The van der Waals surface area contributed by atoms with Gasteiger partial charge in [-0.2, -0.15) is 5.10 Å². The number of rotatable bonds is 3. The van der Waals surface area contributed by atoms with E-state index in [0.717, 1.165) is 25.7 Å². The molecule has 0 unspecified atom stereocenters. The summed E-state index contributed by atoms with van der Waals surface area (Å²) in [5.41, 5.74) is 4.89. The van der Waals surface area contributed by atoms with E-state index in [0.29, 0.717) is 18.9 Å². The Labute approximate surface area is 110 Å². The van der Waals surface area contributed by atoms with Gasteiger partial charge in [-0.1, -0.05) is 12.8 Å². The molecule has 102 valence electrons. The van der Waals surface area contributed by atoms with Gasteiger partial charge in [0.2, 0.25) is 0 Å². The standard InChI is InChI=1S/C12H17N5O2/c13-9-3-6-16(15-9)7-8-17-10(18)12(14-11(17)19)4-1-2-5-12/h3,6H,1-2,4-5,7-8H2,(H2,13,15)(H,14,19). The molecular weight excluding hydrogens is 246 g/mol. The third-order valence-electron chi connectivity index (χ3n) is 3.92. The summed E-state index contributed by atoms with van der Waals surface area (Å²) in [6.45, 7) is 0.792. The van der Waals surface area contributed by atoms with Crippen LogP contribution in [-0.2, 0) is 11.3 Å². The fourth-order valence-corrected chi connectivity index (χ4v) is 2.90. The van der Waals surface area contributed by atoms with Crippen molar-refractivity contribution in [3.8, 4) is 0 Å². The van der Waals surface area contributed by atoms with Gasteiger partial charge < -0.3 is 11.1 Å². The summed E-state index contributed by atoms with van der Waals surface area (Å²) in [5, 5.41) is 6.89. The number of nitrogens with one attached hydrogen (secondary N) is 1. The normalized spacial score (nSPS) is 21.4. The number of carbonyl (C=O) groups is 2. The molecule has 1 aliphatic heterocycles. The van der Waals surface area contributed by atoms with Crippen molar-refractivity contribution < 1.29 is 9.59 Å². The van der Waals surface area contributed by atoms with Crippen LogP contribution in [0, 0.1) is 0 Å². The zero-order valence-corrected chi connectivity index (χ0v) is 10.6. The SMILES string of the molecule is Nc1ccn(CCN2C(=O)NC3(CCCC3)C2=O)n1. The Morgan fingerprint density at radius 3 is 2.68 bits per heavy atom. The van der Waals surface area contributed by atoms with Gasteiger partial charge in [-0.15, -0.1) is 0 Å². The van der Waals surface area contributed by atoms with Crippen LogP contribution in [0.1, 0.15) is 25.7 Å². The minimum absolute atomic E-state index is 0.0878. The second-order valence-electron chi connectivity index (χ2n) is 5.18. The Bertz CT molecular complexity index is 518. The van der Waals surface area contributed by atoms with Crippen LogP contribution in [0.4, 0.5) is 10.6 Å². The first-order chi connectivity index (χ1) is 9.11. The highest BCUT2D eigenvalue weighted by atomic mass is 16.2. The molecule has 1 aromatic heterocycles. The summed E-state index contributed by atoms with van der Waals surface area (Å²) in [5.74, 6) is 0.347. The highest BCUT2D eigenvalue weighted by Crippen LogP contribution is 2.34. The quantitative estimate of drug-likeness (QED) is 0.768. The van der Waals surface area contributed by atoms with Gasteiger partial charge in [-0.3, -0.25) is 14.4 Å². The predicted molar refractivity (Wildman–Crippen MR) is 68.1 cm³/mol. The molecule has 3 rings (SSSR count). The Hall–Kier alpha value is -2.05. The number of amides is 3. The molecule has 0 atom stereocenters. The molecule has 0 aromatic carbocycles. The molecule has 3 amide bonds. The van der Waals surface area contributed by atoms with Crippen LogP contribution in [-0.4, -0.2) is 38.7 Å². The topological polar surface area (TPSA) is 93.2 Å². The van der Waals surface area contributed by atoms with Crippen molar-refractivity contribution in [1.29, 1.82) is 0 Å². The van der Waals surface area contributed by atoms with E-state index in [1.165, 1.54) is 4.90 Å². The minimum Gasteiger partial charge on any atom is -0.382 e. The van der Waals surface area contributed by atoms with Crippen LogP contribution in [0.3, 0.4) is 0 Å². The van der Waals surface area contributed by atoms with Crippen LogP contribution in [0.2, 0.25) is 0 Å². The Morgan fingerprint density at radius 1 is 1.32 bits per heavy atom. The van der Waals surface area contributed by atoms with E-state index in [9.17, 15) is 9.59 Å². The van der Waals surface area contributed by atoms with E-state index in [1.807, 2.05) is 0 Å². The average Bonchev–Trinajstić information content (AvgIpc) is 3.04. The number of hydrogen-bond acceptors (Lipinski definition) is 4. The molecular formula is C12H17N5O2. The minimum atomic E-state index is -0.625. The van der Waals surface area contributed by atoms with Crippen LogP contribution >= 0.6 is 0 Å². The monoisotopic (exact) mass is 263 g/mol. The first kappa shape index (κ1) is 12.0. The molecule has 1 spiro atoms. The molecule has 3 N–H and O–H groups in total. The van der Waals surface area contributed by atoms with Crippen molar-refractivity contribution in [2.24, 2.45) is 0 Å².